The van der Waals surface area contributed by atoms with E-state index >= 15 is 0 Å². The molecular weight excluding hydrogens is 316 g/mol. The van der Waals surface area contributed by atoms with Crippen molar-refractivity contribution in [2.45, 2.75) is 33.2 Å². The number of halogens is 1. The summed E-state index contributed by atoms with van der Waals surface area (Å²) in [6, 6.07) is 17.5. The molecule has 0 radical (unpaired) electrons. The first-order valence-electron chi connectivity index (χ1n) is 8.73. The molecule has 1 saturated heterocycles. The first-order chi connectivity index (χ1) is 11.4. The molecule has 1 atom stereocenters. The third-order valence-corrected chi connectivity index (χ3v) is 4.67. The van der Waals surface area contributed by atoms with Gasteiger partial charge in [0.1, 0.15) is 0 Å². The number of hydrogen-bond acceptors (Lipinski definition) is 2. The standard InChI is InChI=1S/C21H27ClN2/c1-21(2,3)14-16-6-4-9-19(12-16)24-11-10-23-20(15-24)17-7-5-8-18(22)13-17/h4-9,12-13,20,23H,10-11,14-15H2,1-3H3. The van der Waals surface area contributed by atoms with Gasteiger partial charge in [0, 0.05) is 36.4 Å². The normalized spacial score (nSPS) is 18.7. The van der Waals surface area contributed by atoms with Crippen molar-refractivity contribution in [1.82, 2.24) is 5.32 Å². The van der Waals surface area contributed by atoms with Crippen LogP contribution in [0, 0.1) is 5.41 Å². The highest BCUT2D eigenvalue weighted by Crippen LogP contribution is 2.27. The molecule has 1 N–H and O–H groups in total. The summed E-state index contributed by atoms with van der Waals surface area (Å²) >= 11 is 6.16. The van der Waals surface area contributed by atoms with Gasteiger partial charge in [-0.15, -0.1) is 0 Å². The Balaban J connectivity index is 1.76. The minimum atomic E-state index is 0.311. The molecule has 0 saturated carbocycles. The van der Waals surface area contributed by atoms with E-state index in [2.05, 4.69) is 67.4 Å². The van der Waals surface area contributed by atoms with Crippen LogP contribution in [0.3, 0.4) is 0 Å². The molecule has 24 heavy (non-hydrogen) atoms. The fraction of sp³-hybridized carbons (Fsp3) is 0.429. The lowest BCUT2D eigenvalue weighted by atomic mass is 9.88. The number of nitrogens with one attached hydrogen (secondary N) is 1. The van der Waals surface area contributed by atoms with Crippen molar-refractivity contribution in [2.75, 3.05) is 24.5 Å². The van der Waals surface area contributed by atoms with E-state index in [0.29, 0.717) is 11.5 Å². The molecule has 3 heteroatoms. The Morgan fingerprint density at radius 2 is 1.92 bits per heavy atom. The third-order valence-electron chi connectivity index (χ3n) is 4.44. The van der Waals surface area contributed by atoms with Crippen molar-refractivity contribution in [1.29, 1.82) is 0 Å². The van der Waals surface area contributed by atoms with E-state index in [1.165, 1.54) is 16.8 Å². The summed E-state index contributed by atoms with van der Waals surface area (Å²) in [4.78, 5) is 2.48. The highest BCUT2D eigenvalue weighted by atomic mass is 35.5. The highest BCUT2D eigenvalue weighted by molar-refractivity contribution is 6.30. The SMILES string of the molecule is CC(C)(C)Cc1cccc(N2CCNC(c3cccc(Cl)c3)C2)c1. The van der Waals surface area contributed by atoms with Crippen LogP contribution in [0.5, 0.6) is 0 Å². The fourth-order valence-electron chi connectivity index (χ4n) is 3.41. The van der Waals surface area contributed by atoms with E-state index in [9.17, 15) is 0 Å². The molecule has 1 aliphatic rings. The van der Waals surface area contributed by atoms with Gasteiger partial charge in [-0.1, -0.05) is 56.6 Å². The van der Waals surface area contributed by atoms with Gasteiger partial charge in [-0.05, 0) is 47.2 Å². The van der Waals surface area contributed by atoms with E-state index in [-0.39, 0.29) is 0 Å². The Kier molecular flexibility index (Phi) is 5.17. The second-order valence-corrected chi connectivity index (χ2v) is 8.35. The van der Waals surface area contributed by atoms with Gasteiger partial charge < -0.3 is 10.2 Å². The van der Waals surface area contributed by atoms with Crippen molar-refractivity contribution in [3.05, 3.63) is 64.7 Å². The van der Waals surface area contributed by atoms with Crippen LogP contribution in [-0.2, 0) is 6.42 Å². The Labute approximate surface area is 150 Å². The number of nitrogens with zero attached hydrogens (tertiary/aromatic N) is 1. The smallest absolute Gasteiger partial charge is 0.0499 e. The maximum Gasteiger partial charge on any atom is 0.0499 e. The van der Waals surface area contributed by atoms with E-state index in [4.69, 9.17) is 11.6 Å². The zero-order valence-corrected chi connectivity index (χ0v) is 15.6. The Morgan fingerprint density at radius 3 is 2.67 bits per heavy atom. The molecule has 2 nitrogen and oxygen atoms in total. The zero-order valence-electron chi connectivity index (χ0n) is 14.8. The van der Waals surface area contributed by atoms with Crippen LogP contribution in [0.1, 0.15) is 37.9 Å². The Hall–Kier alpha value is -1.51. The van der Waals surface area contributed by atoms with Crippen LogP contribution in [0.2, 0.25) is 5.02 Å². The molecule has 1 aliphatic heterocycles. The molecule has 3 rings (SSSR count). The number of benzene rings is 2. The summed E-state index contributed by atoms with van der Waals surface area (Å²) in [5.74, 6) is 0. The molecule has 1 heterocycles. The van der Waals surface area contributed by atoms with Gasteiger partial charge in [0.2, 0.25) is 0 Å². The summed E-state index contributed by atoms with van der Waals surface area (Å²) in [7, 11) is 0. The van der Waals surface area contributed by atoms with Crippen molar-refractivity contribution >= 4 is 17.3 Å². The average Bonchev–Trinajstić information content (AvgIpc) is 2.54. The van der Waals surface area contributed by atoms with Crippen molar-refractivity contribution in [2.24, 2.45) is 5.41 Å². The molecular formula is C21H27ClN2. The van der Waals surface area contributed by atoms with Gasteiger partial charge in [0.15, 0.2) is 0 Å². The molecule has 1 fully saturated rings. The van der Waals surface area contributed by atoms with E-state index in [1.807, 2.05) is 12.1 Å². The maximum absolute atomic E-state index is 6.16. The minimum absolute atomic E-state index is 0.311. The molecule has 2 aromatic rings. The van der Waals surface area contributed by atoms with Gasteiger partial charge in [0.25, 0.3) is 0 Å². The number of anilines is 1. The van der Waals surface area contributed by atoms with Gasteiger partial charge in [0.05, 0.1) is 0 Å². The van der Waals surface area contributed by atoms with Crippen LogP contribution in [0.4, 0.5) is 5.69 Å². The highest BCUT2D eigenvalue weighted by Gasteiger charge is 2.21. The van der Waals surface area contributed by atoms with Crippen molar-refractivity contribution < 1.29 is 0 Å². The lowest BCUT2D eigenvalue weighted by Crippen LogP contribution is -2.45. The fourth-order valence-corrected chi connectivity index (χ4v) is 3.61. The summed E-state index contributed by atoms with van der Waals surface area (Å²) in [6.07, 6.45) is 1.10. The first-order valence-corrected chi connectivity index (χ1v) is 9.11. The van der Waals surface area contributed by atoms with E-state index in [1.54, 1.807) is 0 Å². The number of hydrogen-bond donors (Lipinski definition) is 1. The van der Waals surface area contributed by atoms with Crippen molar-refractivity contribution in [3.63, 3.8) is 0 Å². The zero-order chi connectivity index (χ0) is 17.2. The van der Waals surface area contributed by atoms with Gasteiger partial charge >= 0.3 is 0 Å². The Bertz CT molecular complexity index is 690. The third kappa shape index (κ3) is 4.52. The number of piperazine rings is 1. The summed E-state index contributed by atoms with van der Waals surface area (Å²) in [5, 5.41) is 4.42. The lowest BCUT2D eigenvalue weighted by Gasteiger charge is -2.36. The number of rotatable bonds is 3. The largest absolute Gasteiger partial charge is 0.368 e. The Morgan fingerprint density at radius 1 is 1.12 bits per heavy atom. The molecule has 128 valence electrons. The van der Waals surface area contributed by atoms with Crippen LogP contribution in [-0.4, -0.2) is 19.6 Å². The lowest BCUT2D eigenvalue weighted by molar-refractivity contribution is 0.411. The van der Waals surface area contributed by atoms with Crippen LogP contribution < -0.4 is 10.2 Å². The quantitative estimate of drug-likeness (QED) is 0.836. The first kappa shape index (κ1) is 17.3. The molecule has 0 aliphatic carbocycles. The van der Waals surface area contributed by atoms with E-state index < -0.39 is 0 Å². The predicted octanol–water partition coefficient (Wildman–Crippen LogP) is 5.08. The minimum Gasteiger partial charge on any atom is -0.368 e. The summed E-state index contributed by atoms with van der Waals surface area (Å²) in [6.45, 7) is 9.87. The topological polar surface area (TPSA) is 15.3 Å². The average molecular weight is 343 g/mol. The summed E-state index contributed by atoms with van der Waals surface area (Å²) < 4.78 is 0. The molecule has 0 spiro atoms. The maximum atomic E-state index is 6.16. The van der Waals surface area contributed by atoms with Crippen molar-refractivity contribution in [3.8, 4) is 0 Å². The second-order valence-electron chi connectivity index (χ2n) is 7.92. The monoisotopic (exact) mass is 342 g/mol. The van der Waals surface area contributed by atoms with Crippen LogP contribution >= 0.6 is 11.6 Å². The van der Waals surface area contributed by atoms with Crippen LogP contribution in [0.25, 0.3) is 0 Å². The van der Waals surface area contributed by atoms with Gasteiger partial charge in [-0.25, -0.2) is 0 Å². The van der Waals surface area contributed by atoms with Gasteiger partial charge in [-0.3, -0.25) is 0 Å². The van der Waals surface area contributed by atoms with E-state index in [0.717, 1.165) is 31.1 Å². The molecule has 2 aromatic carbocycles. The molecule has 0 bridgehead atoms. The molecule has 0 aromatic heterocycles. The van der Waals surface area contributed by atoms with Crippen LogP contribution in [0.15, 0.2) is 48.5 Å². The molecule has 1 unspecified atom stereocenters. The predicted molar refractivity (Wildman–Crippen MR) is 104 cm³/mol. The molecule has 0 amide bonds. The summed E-state index contributed by atoms with van der Waals surface area (Å²) in [5.41, 5.74) is 4.31. The van der Waals surface area contributed by atoms with Gasteiger partial charge in [-0.2, -0.15) is 0 Å². The second kappa shape index (κ2) is 7.16.